The first-order chi connectivity index (χ1) is 38.2. The smallest absolute Gasteiger partial charge is 0.0783 e. The fourth-order valence-electron chi connectivity index (χ4n) is 13.5. The summed E-state index contributed by atoms with van der Waals surface area (Å²) in [6.45, 7) is 0. The van der Waals surface area contributed by atoms with Crippen molar-refractivity contribution in [2.75, 3.05) is 4.90 Å². The van der Waals surface area contributed by atoms with Crippen LogP contribution in [0.25, 0.3) is 66.1 Å². The summed E-state index contributed by atoms with van der Waals surface area (Å²) in [5.74, 6) is 0. The molecule has 4 heterocycles. The van der Waals surface area contributed by atoms with E-state index in [9.17, 15) is 0 Å². The van der Waals surface area contributed by atoms with Crippen LogP contribution in [-0.2, 0) is 5.41 Å². The first-order valence-corrected chi connectivity index (χ1v) is 28.2. The van der Waals surface area contributed by atoms with E-state index in [1.54, 1.807) is 0 Å². The molecule has 3 nitrogen and oxygen atoms in total. The van der Waals surface area contributed by atoms with Crippen LogP contribution in [0.5, 0.6) is 0 Å². The maximum absolute atomic E-state index is 2.63. The normalized spacial score (nSPS) is 13.5. The highest BCUT2D eigenvalue weighted by Crippen LogP contribution is 2.74. The van der Waals surface area contributed by atoms with Crippen molar-refractivity contribution in [1.29, 1.82) is 0 Å². The molecule has 1 spiro atoms. The zero-order valence-electron chi connectivity index (χ0n) is 42.0. The van der Waals surface area contributed by atoms with Gasteiger partial charge in [0.05, 0.1) is 44.5 Å². The average molecular weight is 1000 g/mol. The topological polar surface area (TPSA) is 13.1 Å². The van der Waals surface area contributed by atoms with Crippen molar-refractivity contribution < 1.29 is 0 Å². The van der Waals surface area contributed by atoms with E-state index in [0.717, 1.165) is 11.4 Å². The van der Waals surface area contributed by atoms with Gasteiger partial charge in [0.25, 0.3) is 0 Å². The molecular formula is C73H49N3S. The molecule has 0 saturated heterocycles. The van der Waals surface area contributed by atoms with Gasteiger partial charge in [0, 0.05) is 52.5 Å². The maximum atomic E-state index is 2.63. The van der Waals surface area contributed by atoms with Crippen molar-refractivity contribution >= 4 is 70.7 Å². The Kier molecular flexibility index (Phi) is 9.64. The van der Waals surface area contributed by atoms with Crippen LogP contribution in [0.1, 0.15) is 22.3 Å². The van der Waals surface area contributed by atoms with Gasteiger partial charge in [-0.1, -0.05) is 182 Å². The summed E-state index contributed by atoms with van der Waals surface area (Å²) in [5.41, 5.74) is 17.4. The molecule has 362 valence electrons. The number of aromatic nitrogens is 2. The molecule has 0 fully saturated rings. The van der Waals surface area contributed by atoms with Gasteiger partial charge in [-0.2, -0.15) is 0 Å². The number of rotatable bonds is 7. The zero-order chi connectivity index (χ0) is 50.7. The average Bonchev–Trinajstić information content (AvgIpc) is 4.27. The Morgan fingerprint density at radius 3 is 1.30 bits per heavy atom. The number of benzene rings is 12. The standard InChI is InChI=1S/C73H49N3S/c1-6-23-52(24-7-1)74-66-38-19-16-33-58(66)60-47-50(41-45-67(60)74)51-42-46-68-61(48-51)59-34-22-37-65-72(59)76(68)71-49-57(77(54-27-10-3-11-28-54,55-29-12-4-13-30-55)56-31-14-5-15-32-56)43-44-64(71)73(65)62-35-17-20-39-69(62)75(53-25-8-2-9-26-53)70-40-21-18-36-63(70)73/h1-49H. The molecule has 0 atom stereocenters. The first-order valence-electron chi connectivity index (χ1n) is 26.6. The molecule has 2 aliphatic rings. The lowest BCUT2D eigenvalue weighted by Gasteiger charge is -2.49. The maximum Gasteiger partial charge on any atom is 0.0783 e. The molecule has 0 amide bonds. The molecule has 12 aromatic carbocycles. The molecule has 0 N–H and O–H groups in total. The van der Waals surface area contributed by atoms with Crippen molar-refractivity contribution in [2.24, 2.45) is 0 Å². The Balaban J connectivity index is 1.01. The fraction of sp³-hybridized carbons (Fsp3) is 0.0137. The van der Waals surface area contributed by atoms with Crippen molar-refractivity contribution in [3.05, 3.63) is 320 Å². The molecule has 0 bridgehead atoms. The Morgan fingerprint density at radius 1 is 0.260 bits per heavy atom. The van der Waals surface area contributed by atoms with E-state index < -0.39 is 15.4 Å². The highest BCUT2D eigenvalue weighted by Gasteiger charge is 2.51. The predicted molar refractivity (Wildman–Crippen MR) is 321 cm³/mol. The summed E-state index contributed by atoms with van der Waals surface area (Å²) in [6.07, 6.45) is 0. The van der Waals surface area contributed by atoms with Gasteiger partial charge in [-0.3, -0.25) is 0 Å². The van der Waals surface area contributed by atoms with Crippen LogP contribution in [0.3, 0.4) is 0 Å². The molecule has 0 aliphatic carbocycles. The number of hydrogen-bond acceptors (Lipinski definition) is 1. The van der Waals surface area contributed by atoms with Gasteiger partial charge < -0.3 is 14.0 Å². The second kappa shape index (κ2) is 17.0. The van der Waals surface area contributed by atoms with Crippen LogP contribution >= 0.6 is 10.0 Å². The van der Waals surface area contributed by atoms with E-state index in [4.69, 9.17) is 0 Å². The van der Waals surface area contributed by atoms with Crippen molar-refractivity contribution in [1.82, 2.24) is 9.13 Å². The highest BCUT2D eigenvalue weighted by molar-refractivity contribution is 8.34. The van der Waals surface area contributed by atoms with Crippen LogP contribution in [0.4, 0.5) is 17.1 Å². The third-order valence-corrected chi connectivity index (χ3v) is 20.5. The Bertz CT molecular complexity index is 4470. The van der Waals surface area contributed by atoms with E-state index in [1.165, 1.54) is 114 Å². The number of anilines is 3. The minimum absolute atomic E-state index is 0.693. The lowest BCUT2D eigenvalue weighted by Crippen LogP contribution is -2.40. The van der Waals surface area contributed by atoms with E-state index in [0.29, 0.717) is 0 Å². The van der Waals surface area contributed by atoms with Gasteiger partial charge in [-0.25, -0.2) is 0 Å². The van der Waals surface area contributed by atoms with Crippen LogP contribution in [0.15, 0.2) is 317 Å². The largest absolute Gasteiger partial charge is 0.310 e. The number of hydrogen-bond donors (Lipinski definition) is 0. The van der Waals surface area contributed by atoms with E-state index in [2.05, 4.69) is 311 Å². The molecule has 0 unspecified atom stereocenters. The van der Waals surface area contributed by atoms with E-state index in [1.807, 2.05) is 0 Å². The van der Waals surface area contributed by atoms with Gasteiger partial charge in [0.1, 0.15) is 0 Å². The number of para-hydroxylation sites is 6. The molecule has 2 aliphatic heterocycles. The zero-order valence-corrected chi connectivity index (χ0v) is 42.9. The van der Waals surface area contributed by atoms with Crippen molar-refractivity contribution in [3.63, 3.8) is 0 Å². The van der Waals surface area contributed by atoms with Crippen LogP contribution < -0.4 is 4.90 Å². The summed E-state index contributed by atoms with van der Waals surface area (Å²) >= 11 is 0. The van der Waals surface area contributed by atoms with Gasteiger partial charge in [-0.05, 0) is 149 Å². The molecule has 0 radical (unpaired) electrons. The van der Waals surface area contributed by atoms with Crippen LogP contribution in [0, 0.1) is 0 Å². The molecule has 14 aromatic rings. The molecule has 16 rings (SSSR count). The second-order valence-electron chi connectivity index (χ2n) is 20.4. The molecule has 4 heteroatoms. The molecule has 2 aromatic heterocycles. The van der Waals surface area contributed by atoms with Gasteiger partial charge >= 0.3 is 0 Å². The minimum atomic E-state index is -2.05. The fourth-order valence-corrected chi connectivity index (χ4v) is 17.4. The lowest BCUT2D eigenvalue weighted by molar-refractivity contribution is 0.714. The summed E-state index contributed by atoms with van der Waals surface area (Å²) in [4.78, 5) is 7.65. The number of nitrogens with zero attached hydrogens (tertiary/aromatic N) is 3. The van der Waals surface area contributed by atoms with Crippen molar-refractivity contribution in [2.45, 2.75) is 25.0 Å². The van der Waals surface area contributed by atoms with E-state index in [-0.39, 0.29) is 0 Å². The molecule has 77 heavy (non-hydrogen) atoms. The summed E-state index contributed by atoms with van der Waals surface area (Å²) in [6, 6.07) is 111. The quantitative estimate of drug-likeness (QED) is 0.155. The van der Waals surface area contributed by atoms with Gasteiger partial charge in [-0.15, -0.1) is 10.0 Å². The second-order valence-corrected chi connectivity index (χ2v) is 23.5. The third kappa shape index (κ3) is 6.10. The summed E-state index contributed by atoms with van der Waals surface area (Å²) < 4.78 is 5.03. The lowest BCUT2D eigenvalue weighted by atomic mass is 9.60. The van der Waals surface area contributed by atoms with Crippen molar-refractivity contribution in [3.8, 4) is 22.5 Å². The Morgan fingerprint density at radius 2 is 0.701 bits per heavy atom. The summed E-state index contributed by atoms with van der Waals surface area (Å²) in [5, 5.41) is 4.96. The monoisotopic (exact) mass is 999 g/mol. The third-order valence-electron chi connectivity index (χ3n) is 16.6. The first kappa shape index (κ1) is 43.8. The Labute approximate surface area is 449 Å². The van der Waals surface area contributed by atoms with Crippen LogP contribution in [0.2, 0.25) is 0 Å². The minimum Gasteiger partial charge on any atom is -0.310 e. The van der Waals surface area contributed by atoms with E-state index >= 15 is 0 Å². The number of fused-ring (bicyclic) bond motifs is 14. The summed E-state index contributed by atoms with van der Waals surface area (Å²) in [7, 11) is -2.05. The predicted octanol–water partition coefficient (Wildman–Crippen LogP) is 19.4. The van der Waals surface area contributed by atoms with Gasteiger partial charge in [0.2, 0.25) is 0 Å². The Hall–Kier alpha value is -9.61. The van der Waals surface area contributed by atoms with Gasteiger partial charge in [0.15, 0.2) is 0 Å². The molecular weight excluding hydrogens is 951 g/mol. The highest BCUT2D eigenvalue weighted by atomic mass is 32.3. The molecule has 0 saturated carbocycles. The SMILES string of the molecule is c1ccc(N2c3ccccc3C3(c4ccccc42)c2ccc(S(c4ccccc4)(c4ccccc4)c4ccccc4)cc2-n2c4ccc(-c5ccc6c(c5)c5ccccc5n6-c5ccccc5)cc4c4cccc3c42)cc1. The van der Waals surface area contributed by atoms with Crippen LogP contribution in [-0.4, -0.2) is 9.13 Å².